The van der Waals surface area contributed by atoms with Gasteiger partial charge >= 0.3 is 5.97 Å². The van der Waals surface area contributed by atoms with Crippen LogP contribution in [0.4, 0.5) is 0 Å². The van der Waals surface area contributed by atoms with Gasteiger partial charge in [-0.05, 0) is 43.4 Å². The molecule has 0 bridgehead atoms. The van der Waals surface area contributed by atoms with Crippen LogP contribution in [0.5, 0.6) is 0 Å². The van der Waals surface area contributed by atoms with Crippen molar-refractivity contribution in [3.8, 4) is 0 Å². The Bertz CT molecular complexity index is 338. The van der Waals surface area contributed by atoms with Gasteiger partial charge in [-0.2, -0.15) is 5.10 Å². The molecule has 0 aliphatic rings. The molecule has 5 heteroatoms. The molecule has 1 aromatic heterocycles. The molecular formula is C8H11IN2O2. The standard InChI is InChI=1S/C8H11IN2O2/c1-8(2,3)11-6(7(12)13)5(9)4-10-11/h4H,1-3H3,(H,12,13). The van der Waals surface area contributed by atoms with Crippen LogP contribution in [0.2, 0.25) is 0 Å². The van der Waals surface area contributed by atoms with E-state index in [4.69, 9.17) is 5.11 Å². The molecule has 1 aromatic rings. The first kappa shape index (κ1) is 10.5. The molecule has 1 rings (SSSR count). The van der Waals surface area contributed by atoms with Gasteiger partial charge in [0.1, 0.15) is 0 Å². The van der Waals surface area contributed by atoms with Crippen LogP contribution in [0, 0.1) is 3.57 Å². The van der Waals surface area contributed by atoms with E-state index >= 15 is 0 Å². The lowest BCUT2D eigenvalue weighted by Gasteiger charge is -2.20. The van der Waals surface area contributed by atoms with Crippen LogP contribution in [-0.2, 0) is 5.54 Å². The lowest BCUT2D eigenvalue weighted by atomic mass is 10.1. The highest BCUT2D eigenvalue weighted by Gasteiger charge is 2.23. The average molecular weight is 294 g/mol. The summed E-state index contributed by atoms with van der Waals surface area (Å²) >= 11 is 1.97. The normalized spacial score (nSPS) is 11.7. The third-order valence-electron chi connectivity index (χ3n) is 1.56. The van der Waals surface area contributed by atoms with E-state index in [0.717, 1.165) is 0 Å². The van der Waals surface area contributed by atoms with Crippen molar-refractivity contribution in [2.75, 3.05) is 0 Å². The van der Waals surface area contributed by atoms with Gasteiger partial charge in [-0.1, -0.05) is 0 Å². The predicted octanol–water partition coefficient (Wildman–Crippen LogP) is 1.94. The fourth-order valence-corrected chi connectivity index (χ4v) is 1.61. The first-order chi connectivity index (χ1) is 5.84. The second-order valence-electron chi connectivity index (χ2n) is 3.73. The van der Waals surface area contributed by atoms with Crippen molar-refractivity contribution >= 4 is 28.6 Å². The summed E-state index contributed by atoms with van der Waals surface area (Å²) in [4.78, 5) is 10.9. The Labute approximate surface area is 90.1 Å². The van der Waals surface area contributed by atoms with E-state index < -0.39 is 5.97 Å². The van der Waals surface area contributed by atoms with Gasteiger partial charge in [-0.3, -0.25) is 4.68 Å². The van der Waals surface area contributed by atoms with E-state index in [9.17, 15) is 4.79 Å². The summed E-state index contributed by atoms with van der Waals surface area (Å²) in [5.74, 6) is -0.933. The summed E-state index contributed by atoms with van der Waals surface area (Å²) in [6.07, 6.45) is 1.56. The van der Waals surface area contributed by atoms with E-state index in [1.165, 1.54) is 4.68 Å². The second kappa shape index (κ2) is 3.28. The topological polar surface area (TPSA) is 55.1 Å². The number of hydrogen-bond donors (Lipinski definition) is 1. The first-order valence-corrected chi connectivity index (χ1v) is 4.89. The molecule has 0 radical (unpaired) electrons. The number of halogens is 1. The molecule has 0 aliphatic carbocycles. The minimum atomic E-state index is -0.933. The maximum Gasteiger partial charge on any atom is 0.355 e. The third kappa shape index (κ3) is 2.01. The van der Waals surface area contributed by atoms with Gasteiger partial charge in [0, 0.05) is 0 Å². The van der Waals surface area contributed by atoms with E-state index in [2.05, 4.69) is 5.10 Å². The summed E-state index contributed by atoms with van der Waals surface area (Å²) in [7, 11) is 0. The van der Waals surface area contributed by atoms with Crippen LogP contribution in [0.25, 0.3) is 0 Å². The van der Waals surface area contributed by atoms with Gasteiger partial charge in [-0.15, -0.1) is 0 Å². The highest BCUT2D eigenvalue weighted by atomic mass is 127. The molecule has 1 N–H and O–H groups in total. The summed E-state index contributed by atoms with van der Waals surface area (Å²) < 4.78 is 2.19. The molecule has 0 spiro atoms. The maximum atomic E-state index is 10.9. The molecular weight excluding hydrogens is 283 g/mol. The van der Waals surface area contributed by atoms with E-state index in [-0.39, 0.29) is 11.2 Å². The fourth-order valence-electron chi connectivity index (χ4n) is 1.03. The van der Waals surface area contributed by atoms with Gasteiger partial charge in [0.05, 0.1) is 15.3 Å². The second-order valence-corrected chi connectivity index (χ2v) is 4.89. The van der Waals surface area contributed by atoms with Crippen LogP contribution >= 0.6 is 22.6 Å². The number of nitrogens with zero attached hydrogens (tertiary/aromatic N) is 2. The number of carboxylic acids is 1. The molecule has 0 saturated carbocycles. The van der Waals surface area contributed by atoms with Crippen LogP contribution in [0.1, 0.15) is 31.3 Å². The molecule has 0 aromatic carbocycles. The van der Waals surface area contributed by atoms with Crippen molar-refractivity contribution in [1.82, 2.24) is 9.78 Å². The number of rotatable bonds is 1. The van der Waals surface area contributed by atoms with Crippen molar-refractivity contribution in [3.63, 3.8) is 0 Å². The smallest absolute Gasteiger partial charge is 0.355 e. The molecule has 0 amide bonds. The van der Waals surface area contributed by atoms with E-state index in [0.29, 0.717) is 3.57 Å². The quantitative estimate of drug-likeness (QED) is 0.805. The zero-order chi connectivity index (χ0) is 10.2. The molecule has 0 atom stereocenters. The van der Waals surface area contributed by atoms with Crippen molar-refractivity contribution in [2.45, 2.75) is 26.3 Å². The minimum Gasteiger partial charge on any atom is -0.476 e. The van der Waals surface area contributed by atoms with Crippen molar-refractivity contribution in [1.29, 1.82) is 0 Å². The van der Waals surface area contributed by atoms with Crippen LogP contribution in [0.3, 0.4) is 0 Å². The third-order valence-corrected chi connectivity index (χ3v) is 2.35. The zero-order valence-corrected chi connectivity index (χ0v) is 9.86. The molecule has 4 nitrogen and oxygen atoms in total. The Morgan fingerprint density at radius 3 is 2.46 bits per heavy atom. The Hall–Kier alpha value is -0.590. The van der Waals surface area contributed by atoms with Crippen LogP contribution in [-0.4, -0.2) is 20.9 Å². The number of aromatic carboxylic acids is 1. The van der Waals surface area contributed by atoms with Crippen LogP contribution < -0.4 is 0 Å². The monoisotopic (exact) mass is 294 g/mol. The zero-order valence-electron chi connectivity index (χ0n) is 7.71. The Balaban J connectivity index is 3.31. The van der Waals surface area contributed by atoms with E-state index in [1.807, 2.05) is 43.4 Å². The Kier molecular flexibility index (Phi) is 2.65. The summed E-state index contributed by atoms with van der Waals surface area (Å²) in [6.45, 7) is 5.76. The SMILES string of the molecule is CC(C)(C)n1ncc(I)c1C(=O)O. The molecule has 0 saturated heterocycles. The maximum absolute atomic E-state index is 10.9. The Morgan fingerprint density at radius 1 is 1.62 bits per heavy atom. The van der Waals surface area contributed by atoms with Crippen molar-refractivity contribution in [2.24, 2.45) is 0 Å². The number of hydrogen-bond acceptors (Lipinski definition) is 2. The largest absolute Gasteiger partial charge is 0.476 e. The molecule has 0 fully saturated rings. The number of carbonyl (C=O) groups is 1. The van der Waals surface area contributed by atoms with Gasteiger partial charge in [0.25, 0.3) is 0 Å². The summed E-state index contributed by atoms with van der Waals surface area (Å²) in [5.41, 5.74) is -0.0370. The van der Waals surface area contributed by atoms with Gasteiger partial charge < -0.3 is 5.11 Å². The first-order valence-electron chi connectivity index (χ1n) is 3.81. The number of carboxylic acid groups (broad SMARTS) is 1. The van der Waals surface area contributed by atoms with Gasteiger partial charge in [0.2, 0.25) is 0 Å². The minimum absolute atomic E-state index is 0.258. The van der Waals surface area contributed by atoms with Gasteiger partial charge in [-0.25, -0.2) is 4.79 Å². The molecule has 0 unspecified atom stereocenters. The average Bonchev–Trinajstić information content (AvgIpc) is 2.28. The molecule has 72 valence electrons. The van der Waals surface area contributed by atoms with Crippen LogP contribution in [0.15, 0.2) is 6.20 Å². The molecule has 0 aliphatic heterocycles. The van der Waals surface area contributed by atoms with Crippen molar-refractivity contribution < 1.29 is 9.90 Å². The molecule has 1 heterocycles. The highest BCUT2D eigenvalue weighted by Crippen LogP contribution is 2.20. The lowest BCUT2D eigenvalue weighted by molar-refractivity contribution is 0.0673. The summed E-state index contributed by atoms with van der Waals surface area (Å²) in [5, 5.41) is 13.0. The van der Waals surface area contributed by atoms with Crippen molar-refractivity contribution in [3.05, 3.63) is 15.5 Å². The molecule has 13 heavy (non-hydrogen) atoms. The fraction of sp³-hybridized carbons (Fsp3) is 0.500. The van der Waals surface area contributed by atoms with Gasteiger partial charge in [0.15, 0.2) is 5.69 Å². The predicted molar refractivity (Wildman–Crippen MR) is 56.9 cm³/mol. The van der Waals surface area contributed by atoms with E-state index in [1.54, 1.807) is 6.20 Å². The highest BCUT2D eigenvalue weighted by molar-refractivity contribution is 14.1. The number of aromatic nitrogens is 2. The summed E-state index contributed by atoms with van der Waals surface area (Å²) in [6, 6.07) is 0. The lowest BCUT2D eigenvalue weighted by Crippen LogP contribution is -2.27. The Morgan fingerprint density at radius 2 is 2.15 bits per heavy atom.